The van der Waals surface area contributed by atoms with Gasteiger partial charge >= 0.3 is 7.12 Å². The van der Waals surface area contributed by atoms with E-state index in [-0.39, 0.29) is 0 Å². The maximum Gasteiger partial charge on any atom is 0.489 e. The van der Waals surface area contributed by atoms with Crippen molar-refractivity contribution in [3.8, 4) is 33.4 Å². The molecule has 0 saturated carbocycles. The molecule has 9 rings (SSSR count). The fourth-order valence-corrected chi connectivity index (χ4v) is 8.32. The van der Waals surface area contributed by atoms with Gasteiger partial charge in [-0.15, -0.1) is 0 Å². The van der Waals surface area contributed by atoms with E-state index in [1.807, 2.05) is 30.3 Å². The Morgan fingerprint density at radius 2 is 0.943 bits per heavy atom. The Balaban J connectivity index is 1.30. The van der Waals surface area contributed by atoms with Gasteiger partial charge in [-0.3, -0.25) is 0 Å². The van der Waals surface area contributed by atoms with Gasteiger partial charge in [0.2, 0.25) is 0 Å². The third kappa shape index (κ3) is 5.48. The van der Waals surface area contributed by atoms with Crippen molar-refractivity contribution in [2.75, 3.05) is 4.90 Å². The van der Waals surface area contributed by atoms with Crippen LogP contribution in [-0.4, -0.2) is 17.2 Å². The lowest BCUT2D eigenvalue weighted by Crippen LogP contribution is -2.33. The van der Waals surface area contributed by atoms with E-state index in [0.717, 1.165) is 67.1 Å². The molecule has 1 aliphatic rings. The summed E-state index contributed by atoms with van der Waals surface area (Å²) in [4.78, 5) is 2.36. The van der Waals surface area contributed by atoms with Crippen LogP contribution in [0, 0.1) is 0 Å². The highest BCUT2D eigenvalue weighted by Gasteiger charge is 2.47. The normalized spacial score (nSPS) is 14.3. The van der Waals surface area contributed by atoms with Gasteiger partial charge in [-0.1, -0.05) is 176 Å². The third-order valence-corrected chi connectivity index (χ3v) is 10.6. The highest BCUT2D eigenvalue weighted by molar-refractivity contribution is 6.60. The Kier molecular flexibility index (Phi) is 8.32. The predicted molar refractivity (Wildman–Crippen MR) is 219 cm³/mol. The Morgan fingerprint density at radius 1 is 0.396 bits per heavy atom. The predicted octanol–water partition coefficient (Wildman–Crippen LogP) is 10.5. The SMILES string of the molecule is OB(O)c1cccc2c1-c1ccccc1C2(c1ccccc1)c1cccc(N(c2ccc(-c3ccccc3)cc2)c2ccccc2-c2ccccc2)c1. The van der Waals surface area contributed by atoms with Crippen molar-refractivity contribution in [2.45, 2.75) is 5.41 Å². The largest absolute Gasteiger partial charge is 0.489 e. The topological polar surface area (TPSA) is 43.7 Å². The standard InChI is InChI=1S/C49H36BNO2/c52-50(53)46-28-15-27-45-48(46)43-25-10-12-26-44(43)49(45,38-20-8-3-9-21-38)39-22-14-23-41(34-39)51(40-32-30-36(31-33-40)35-16-4-1-5-17-35)47-29-13-11-24-42(47)37-18-6-2-7-19-37/h1-34,52-53H. The number of fused-ring (bicyclic) bond motifs is 3. The average Bonchev–Trinajstić information content (AvgIpc) is 3.54. The molecule has 0 bridgehead atoms. The van der Waals surface area contributed by atoms with Crippen molar-refractivity contribution >= 4 is 29.6 Å². The summed E-state index contributed by atoms with van der Waals surface area (Å²) in [6.45, 7) is 0. The van der Waals surface area contributed by atoms with Gasteiger partial charge in [-0.05, 0) is 85.9 Å². The second-order valence-electron chi connectivity index (χ2n) is 13.5. The molecule has 1 unspecified atom stereocenters. The Morgan fingerprint density at radius 3 is 1.66 bits per heavy atom. The van der Waals surface area contributed by atoms with Gasteiger partial charge in [-0.2, -0.15) is 0 Å². The zero-order chi connectivity index (χ0) is 35.8. The first-order chi connectivity index (χ1) is 26.1. The molecule has 53 heavy (non-hydrogen) atoms. The van der Waals surface area contributed by atoms with Crippen LogP contribution in [0.2, 0.25) is 0 Å². The van der Waals surface area contributed by atoms with Crippen molar-refractivity contribution in [3.63, 3.8) is 0 Å². The number of rotatable bonds is 8. The molecule has 0 fully saturated rings. The molecule has 0 radical (unpaired) electrons. The second-order valence-corrected chi connectivity index (χ2v) is 13.5. The fourth-order valence-electron chi connectivity index (χ4n) is 8.32. The number of nitrogens with zero attached hydrogens (tertiary/aromatic N) is 1. The quantitative estimate of drug-likeness (QED) is 0.157. The fraction of sp³-hybridized carbons (Fsp3) is 0.0204. The minimum absolute atomic E-state index is 0.501. The molecule has 0 spiro atoms. The van der Waals surface area contributed by atoms with Gasteiger partial charge in [0.1, 0.15) is 0 Å². The van der Waals surface area contributed by atoms with Crippen LogP contribution in [-0.2, 0) is 5.41 Å². The average molecular weight is 682 g/mol. The maximum atomic E-state index is 10.7. The summed E-state index contributed by atoms with van der Waals surface area (Å²) in [5.74, 6) is 0. The van der Waals surface area contributed by atoms with Crippen LogP contribution in [0.1, 0.15) is 22.3 Å². The van der Waals surface area contributed by atoms with Crippen LogP contribution in [0.25, 0.3) is 33.4 Å². The number of para-hydroxylation sites is 1. The van der Waals surface area contributed by atoms with Crippen LogP contribution >= 0.6 is 0 Å². The summed E-state index contributed by atoms with van der Waals surface area (Å²) in [5, 5.41) is 21.3. The lowest BCUT2D eigenvalue weighted by molar-refractivity contribution is 0.426. The molecule has 3 nitrogen and oxygen atoms in total. The first kappa shape index (κ1) is 32.5. The molecule has 0 aliphatic heterocycles. The van der Waals surface area contributed by atoms with Crippen molar-refractivity contribution < 1.29 is 10.0 Å². The highest BCUT2D eigenvalue weighted by Crippen LogP contribution is 2.56. The van der Waals surface area contributed by atoms with Crippen molar-refractivity contribution in [1.29, 1.82) is 0 Å². The van der Waals surface area contributed by atoms with Gasteiger partial charge in [0.25, 0.3) is 0 Å². The van der Waals surface area contributed by atoms with E-state index >= 15 is 0 Å². The van der Waals surface area contributed by atoms with Gasteiger partial charge in [0.15, 0.2) is 0 Å². The summed E-state index contributed by atoms with van der Waals surface area (Å²) in [7, 11) is -1.61. The Hall–Kier alpha value is -6.46. The smallest absolute Gasteiger partial charge is 0.423 e. The molecule has 8 aromatic rings. The molecule has 0 aromatic heterocycles. The van der Waals surface area contributed by atoms with Crippen LogP contribution in [0.3, 0.4) is 0 Å². The summed E-state index contributed by atoms with van der Waals surface area (Å²) in [6, 6.07) is 72.2. The molecule has 1 atom stereocenters. The summed E-state index contributed by atoms with van der Waals surface area (Å²) in [5.41, 5.74) is 13.7. The number of anilines is 3. The Labute approximate surface area is 310 Å². The third-order valence-electron chi connectivity index (χ3n) is 10.6. The minimum atomic E-state index is -1.61. The van der Waals surface area contributed by atoms with Crippen LogP contribution in [0.4, 0.5) is 17.1 Å². The number of benzene rings is 8. The maximum absolute atomic E-state index is 10.7. The van der Waals surface area contributed by atoms with E-state index in [4.69, 9.17) is 0 Å². The van der Waals surface area contributed by atoms with Crippen molar-refractivity contribution in [2.24, 2.45) is 0 Å². The second kappa shape index (κ2) is 13.6. The van der Waals surface area contributed by atoms with Crippen LogP contribution < -0.4 is 10.4 Å². The van der Waals surface area contributed by atoms with Crippen molar-refractivity contribution in [1.82, 2.24) is 0 Å². The van der Waals surface area contributed by atoms with Gasteiger partial charge in [0.05, 0.1) is 11.1 Å². The first-order valence-corrected chi connectivity index (χ1v) is 18.0. The van der Waals surface area contributed by atoms with Gasteiger partial charge in [0, 0.05) is 16.9 Å². The van der Waals surface area contributed by atoms with E-state index in [0.29, 0.717) is 5.46 Å². The molecule has 2 N–H and O–H groups in total. The lowest BCUT2D eigenvalue weighted by atomic mass is 9.66. The van der Waals surface area contributed by atoms with E-state index in [9.17, 15) is 10.0 Å². The number of hydrogen-bond donors (Lipinski definition) is 2. The summed E-state index contributed by atoms with van der Waals surface area (Å²) < 4.78 is 0. The molecule has 0 saturated heterocycles. The summed E-state index contributed by atoms with van der Waals surface area (Å²) in [6.07, 6.45) is 0. The summed E-state index contributed by atoms with van der Waals surface area (Å²) >= 11 is 0. The molecule has 4 heteroatoms. The Bertz CT molecular complexity index is 2540. The first-order valence-electron chi connectivity index (χ1n) is 18.0. The molecule has 252 valence electrons. The molecule has 0 heterocycles. The molecular formula is C49H36BNO2. The van der Waals surface area contributed by atoms with Gasteiger partial charge < -0.3 is 14.9 Å². The van der Waals surface area contributed by atoms with E-state index in [1.165, 1.54) is 5.56 Å². The zero-order valence-electron chi connectivity index (χ0n) is 29.0. The number of hydrogen-bond acceptors (Lipinski definition) is 3. The van der Waals surface area contributed by atoms with Crippen molar-refractivity contribution in [3.05, 3.63) is 229 Å². The highest BCUT2D eigenvalue weighted by atomic mass is 16.4. The molecule has 8 aromatic carbocycles. The molecule has 1 aliphatic carbocycles. The van der Waals surface area contributed by atoms with E-state index < -0.39 is 12.5 Å². The zero-order valence-corrected chi connectivity index (χ0v) is 29.0. The van der Waals surface area contributed by atoms with E-state index in [2.05, 4.69) is 181 Å². The van der Waals surface area contributed by atoms with E-state index in [1.54, 1.807) is 0 Å². The van der Waals surface area contributed by atoms with Crippen LogP contribution in [0.15, 0.2) is 206 Å². The monoisotopic (exact) mass is 681 g/mol. The molecular weight excluding hydrogens is 645 g/mol. The minimum Gasteiger partial charge on any atom is -0.423 e. The van der Waals surface area contributed by atoms with Gasteiger partial charge in [-0.25, -0.2) is 0 Å². The van der Waals surface area contributed by atoms with Crippen LogP contribution in [0.5, 0.6) is 0 Å². The lowest BCUT2D eigenvalue weighted by Gasteiger charge is -2.35. The molecule has 0 amide bonds.